The number of nitrogens with one attached hydrogen (secondary N) is 1. The molecule has 0 aliphatic rings. The summed E-state index contributed by atoms with van der Waals surface area (Å²) in [6.07, 6.45) is 1.10. The smallest absolute Gasteiger partial charge is 0.00966 e. The predicted molar refractivity (Wildman–Crippen MR) is 78.9 cm³/mol. The second-order valence-electron chi connectivity index (χ2n) is 5.74. The molecule has 1 N–H and O–H groups in total. The van der Waals surface area contributed by atoms with Crippen molar-refractivity contribution in [2.75, 3.05) is 6.54 Å². The minimum absolute atomic E-state index is 0.216. The van der Waals surface area contributed by atoms with Gasteiger partial charge in [-0.2, -0.15) is 0 Å². The van der Waals surface area contributed by atoms with Crippen LogP contribution in [0.25, 0.3) is 0 Å². The Bertz CT molecular complexity index is 322. The van der Waals surface area contributed by atoms with E-state index in [1.807, 2.05) is 11.8 Å². The first-order chi connectivity index (χ1) is 7.87. The van der Waals surface area contributed by atoms with Crippen LogP contribution in [-0.4, -0.2) is 17.3 Å². The van der Waals surface area contributed by atoms with Crippen LogP contribution >= 0.6 is 11.8 Å². The summed E-state index contributed by atoms with van der Waals surface area (Å²) in [6.45, 7) is 12.1. The van der Waals surface area contributed by atoms with Crippen molar-refractivity contribution in [3.8, 4) is 0 Å². The lowest BCUT2D eigenvalue weighted by molar-refractivity contribution is 0.429. The second-order valence-corrected chi connectivity index (χ2v) is 7.39. The van der Waals surface area contributed by atoms with Crippen molar-refractivity contribution in [3.63, 3.8) is 0 Å². The molecule has 1 rings (SSSR count). The molecule has 0 radical (unpaired) electrons. The molecule has 0 amide bonds. The summed E-state index contributed by atoms with van der Waals surface area (Å²) in [6, 6.07) is 8.96. The molecule has 1 nitrogen and oxygen atoms in total. The minimum Gasteiger partial charge on any atom is -0.312 e. The fourth-order valence-electron chi connectivity index (χ4n) is 1.59. The number of hydrogen-bond donors (Lipinski definition) is 1. The quantitative estimate of drug-likeness (QED) is 0.790. The van der Waals surface area contributed by atoms with Crippen molar-refractivity contribution in [2.45, 2.75) is 56.7 Å². The minimum atomic E-state index is 0.216. The third-order valence-corrected chi connectivity index (χ3v) is 3.38. The van der Waals surface area contributed by atoms with Gasteiger partial charge in [-0.1, -0.05) is 26.0 Å². The Morgan fingerprint density at radius 1 is 1.12 bits per heavy atom. The monoisotopic (exact) mass is 251 g/mol. The maximum Gasteiger partial charge on any atom is 0.00966 e. The van der Waals surface area contributed by atoms with Crippen molar-refractivity contribution in [3.05, 3.63) is 29.8 Å². The van der Waals surface area contributed by atoms with Gasteiger partial charge in [0.1, 0.15) is 0 Å². The molecule has 17 heavy (non-hydrogen) atoms. The summed E-state index contributed by atoms with van der Waals surface area (Å²) in [7, 11) is 0. The lowest BCUT2D eigenvalue weighted by atomic mass is 10.1. The third kappa shape index (κ3) is 6.75. The molecule has 0 saturated carbocycles. The molecule has 1 aromatic rings. The predicted octanol–water partition coefficient (Wildman–Crippen LogP) is 4.12. The second kappa shape index (κ2) is 6.46. The zero-order chi connectivity index (χ0) is 12.9. The maximum absolute atomic E-state index is 3.51. The van der Waals surface area contributed by atoms with E-state index in [1.165, 1.54) is 10.5 Å². The molecule has 0 saturated heterocycles. The first-order valence-corrected chi connectivity index (χ1v) is 7.25. The van der Waals surface area contributed by atoms with E-state index in [9.17, 15) is 0 Å². The van der Waals surface area contributed by atoms with Crippen LogP contribution in [-0.2, 0) is 6.42 Å². The lowest BCUT2D eigenvalue weighted by Crippen LogP contribution is -2.37. The molecule has 0 aliphatic heterocycles. The Labute approximate surface area is 110 Å². The van der Waals surface area contributed by atoms with Gasteiger partial charge < -0.3 is 5.32 Å². The van der Waals surface area contributed by atoms with Gasteiger partial charge in [-0.05, 0) is 51.4 Å². The zero-order valence-corrected chi connectivity index (χ0v) is 12.5. The first-order valence-electron chi connectivity index (χ1n) is 6.37. The Balaban J connectivity index is 2.40. The van der Waals surface area contributed by atoms with Gasteiger partial charge in [0, 0.05) is 15.7 Å². The van der Waals surface area contributed by atoms with Gasteiger partial charge in [-0.3, -0.25) is 0 Å². The van der Waals surface area contributed by atoms with E-state index in [2.05, 4.69) is 64.2 Å². The van der Waals surface area contributed by atoms with Crippen molar-refractivity contribution in [1.29, 1.82) is 0 Å². The summed E-state index contributed by atoms with van der Waals surface area (Å²) in [4.78, 5) is 1.37. The highest BCUT2D eigenvalue weighted by molar-refractivity contribution is 7.99. The summed E-state index contributed by atoms with van der Waals surface area (Å²) in [5, 5.41) is 4.17. The van der Waals surface area contributed by atoms with Gasteiger partial charge in [-0.15, -0.1) is 11.8 Å². The van der Waals surface area contributed by atoms with Crippen LogP contribution in [0.15, 0.2) is 29.2 Å². The molecule has 0 atom stereocenters. The van der Waals surface area contributed by atoms with Gasteiger partial charge in [0.05, 0.1) is 0 Å². The average molecular weight is 251 g/mol. The lowest BCUT2D eigenvalue weighted by Gasteiger charge is -2.20. The number of benzene rings is 1. The van der Waals surface area contributed by atoms with Crippen LogP contribution in [0, 0.1) is 0 Å². The van der Waals surface area contributed by atoms with E-state index >= 15 is 0 Å². The van der Waals surface area contributed by atoms with Crippen molar-refractivity contribution in [1.82, 2.24) is 5.32 Å². The largest absolute Gasteiger partial charge is 0.312 e. The highest BCUT2D eigenvalue weighted by atomic mass is 32.2. The van der Waals surface area contributed by atoms with Gasteiger partial charge >= 0.3 is 0 Å². The topological polar surface area (TPSA) is 12.0 Å². The summed E-state index contributed by atoms with van der Waals surface area (Å²) in [5.41, 5.74) is 1.63. The molecule has 0 unspecified atom stereocenters. The highest BCUT2D eigenvalue weighted by Gasteiger charge is 2.07. The van der Waals surface area contributed by atoms with Gasteiger partial charge in [0.25, 0.3) is 0 Å². The van der Waals surface area contributed by atoms with E-state index in [-0.39, 0.29) is 5.54 Å². The molecule has 0 aromatic heterocycles. The molecule has 0 heterocycles. The molecular weight excluding hydrogens is 226 g/mol. The Hall–Kier alpha value is -0.470. The van der Waals surface area contributed by atoms with E-state index in [4.69, 9.17) is 0 Å². The van der Waals surface area contributed by atoms with Gasteiger partial charge in [0.15, 0.2) is 0 Å². The molecule has 96 valence electrons. The highest BCUT2D eigenvalue weighted by Crippen LogP contribution is 2.22. The first kappa shape index (κ1) is 14.6. The average Bonchev–Trinajstić information content (AvgIpc) is 2.18. The third-order valence-electron chi connectivity index (χ3n) is 2.36. The van der Waals surface area contributed by atoms with Crippen LogP contribution in [0.3, 0.4) is 0 Å². The standard InChI is InChI=1S/C15H25NS/c1-12(2)17-14-8-6-13(7-9-14)10-11-16-15(3,4)5/h6-9,12,16H,10-11H2,1-5H3. The Morgan fingerprint density at radius 2 is 1.71 bits per heavy atom. The summed E-state index contributed by atoms with van der Waals surface area (Å²) < 4.78 is 0. The van der Waals surface area contributed by atoms with Crippen molar-refractivity contribution < 1.29 is 0 Å². The normalized spacial score (nSPS) is 12.1. The molecule has 0 fully saturated rings. The van der Waals surface area contributed by atoms with Crippen molar-refractivity contribution >= 4 is 11.8 Å². The van der Waals surface area contributed by atoms with E-state index in [0.717, 1.165) is 13.0 Å². The fourth-order valence-corrected chi connectivity index (χ4v) is 2.43. The zero-order valence-electron chi connectivity index (χ0n) is 11.7. The molecule has 0 spiro atoms. The Kier molecular flexibility index (Phi) is 5.54. The number of hydrogen-bond acceptors (Lipinski definition) is 2. The van der Waals surface area contributed by atoms with Crippen LogP contribution in [0.5, 0.6) is 0 Å². The molecular formula is C15H25NS. The molecule has 0 aliphatic carbocycles. The van der Waals surface area contributed by atoms with Gasteiger partial charge in [0.2, 0.25) is 0 Å². The summed E-state index contributed by atoms with van der Waals surface area (Å²) in [5.74, 6) is 0. The Morgan fingerprint density at radius 3 is 2.18 bits per heavy atom. The maximum atomic E-state index is 3.51. The van der Waals surface area contributed by atoms with E-state index < -0.39 is 0 Å². The number of thioether (sulfide) groups is 1. The van der Waals surface area contributed by atoms with Crippen LogP contribution < -0.4 is 5.32 Å². The SMILES string of the molecule is CC(C)Sc1ccc(CCNC(C)(C)C)cc1. The van der Waals surface area contributed by atoms with Crippen LogP contribution in [0.1, 0.15) is 40.2 Å². The fraction of sp³-hybridized carbons (Fsp3) is 0.600. The van der Waals surface area contributed by atoms with Crippen molar-refractivity contribution in [2.24, 2.45) is 0 Å². The van der Waals surface area contributed by atoms with E-state index in [0.29, 0.717) is 5.25 Å². The van der Waals surface area contributed by atoms with Crippen LogP contribution in [0.2, 0.25) is 0 Å². The summed E-state index contributed by atoms with van der Waals surface area (Å²) >= 11 is 1.92. The molecule has 1 aromatic carbocycles. The van der Waals surface area contributed by atoms with Crippen LogP contribution in [0.4, 0.5) is 0 Å². The molecule has 0 bridgehead atoms. The number of rotatable bonds is 5. The molecule has 2 heteroatoms. The van der Waals surface area contributed by atoms with E-state index in [1.54, 1.807) is 0 Å². The van der Waals surface area contributed by atoms with Gasteiger partial charge in [-0.25, -0.2) is 0 Å².